The second kappa shape index (κ2) is 3.97. The summed E-state index contributed by atoms with van der Waals surface area (Å²) in [5.74, 6) is 0.789. The molecule has 1 aromatic carbocycles. The summed E-state index contributed by atoms with van der Waals surface area (Å²) in [4.78, 5) is 0. The van der Waals surface area contributed by atoms with Crippen LogP contribution in [0.4, 0.5) is 0 Å². The minimum absolute atomic E-state index is 0.756. The molecule has 1 aliphatic heterocycles. The Hall–Kier alpha value is -0.820. The maximum absolute atomic E-state index is 3.67. The highest BCUT2D eigenvalue weighted by molar-refractivity contribution is 5.33. The standard InChI is InChI=1S/C14H19N/c1-2-7-12-11(5-1)6-3-8-13(12)14-9-4-10-15-14/h1-2,5,7,13-15H,3-4,6,8-10H2/t13-,14-/m1/s1. The van der Waals surface area contributed by atoms with Gasteiger partial charge in [0.25, 0.3) is 0 Å². The van der Waals surface area contributed by atoms with Crippen molar-refractivity contribution in [1.82, 2.24) is 5.32 Å². The lowest BCUT2D eigenvalue weighted by Gasteiger charge is -2.30. The first-order chi connectivity index (χ1) is 7.45. The van der Waals surface area contributed by atoms with Gasteiger partial charge in [-0.3, -0.25) is 0 Å². The average molecular weight is 201 g/mol. The summed E-state index contributed by atoms with van der Waals surface area (Å²) in [5, 5.41) is 3.67. The molecule has 1 aromatic rings. The van der Waals surface area contributed by atoms with Crippen molar-refractivity contribution in [2.75, 3.05) is 6.54 Å². The van der Waals surface area contributed by atoms with E-state index in [2.05, 4.69) is 29.6 Å². The van der Waals surface area contributed by atoms with Crippen molar-refractivity contribution < 1.29 is 0 Å². The van der Waals surface area contributed by atoms with Crippen molar-refractivity contribution in [1.29, 1.82) is 0 Å². The van der Waals surface area contributed by atoms with Gasteiger partial charge in [-0.2, -0.15) is 0 Å². The van der Waals surface area contributed by atoms with Crippen LogP contribution in [0.15, 0.2) is 24.3 Å². The monoisotopic (exact) mass is 201 g/mol. The van der Waals surface area contributed by atoms with Gasteiger partial charge in [-0.25, -0.2) is 0 Å². The minimum Gasteiger partial charge on any atom is -0.313 e. The van der Waals surface area contributed by atoms with Gasteiger partial charge in [-0.15, -0.1) is 0 Å². The number of aryl methyl sites for hydroxylation is 1. The quantitative estimate of drug-likeness (QED) is 0.736. The molecule has 80 valence electrons. The summed E-state index contributed by atoms with van der Waals surface area (Å²) in [7, 11) is 0. The smallest absolute Gasteiger partial charge is 0.0136 e. The Balaban J connectivity index is 1.91. The van der Waals surface area contributed by atoms with E-state index in [-0.39, 0.29) is 0 Å². The third-order valence-electron chi connectivity index (χ3n) is 4.00. The number of fused-ring (bicyclic) bond motifs is 1. The number of rotatable bonds is 1. The summed E-state index contributed by atoms with van der Waals surface area (Å²) in [6, 6.07) is 9.80. The van der Waals surface area contributed by atoms with Crippen LogP contribution >= 0.6 is 0 Å². The van der Waals surface area contributed by atoms with Crippen molar-refractivity contribution in [2.24, 2.45) is 0 Å². The fraction of sp³-hybridized carbons (Fsp3) is 0.571. The summed E-state index contributed by atoms with van der Waals surface area (Å²) in [6.07, 6.45) is 6.79. The molecule has 0 radical (unpaired) electrons. The van der Waals surface area contributed by atoms with E-state index in [0.717, 1.165) is 12.0 Å². The van der Waals surface area contributed by atoms with E-state index >= 15 is 0 Å². The minimum atomic E-state index is 0.756. The molecule has 0 saturated carbocycles. The Kier molecular flexibility index (Phi) is 2.49. The molecule has 1 saturated heterocycles. The molecule has 1 aliphatic carbocycles. The topological polar surface area (TPSA) is 12.0 Å². The zero-order chi connectivity index (χ0) is 10.1. The van der Waals surface area contributed by atoms with Crippen LogP contribution in [0.2, 0.25) is 0 Å². The fourth-order valence-electron chi connectivity index (χ4n) is 3.26. The van der Waals surface area contributed by atoms with Crippen LogP contribution in [0.3, 0.4) is 0 Å². The molecule has 0 spiro atoms. The molecule has 0 unspecified atom stereocenters. The summed E-state index contributed by atoms with van der Waals surface area (Å²) in [5.41, 5.74) is 3.23. The molecule has 1 heteroatoms. The van der Waals surface area contributed by atoms with Crippen LogP contribution in [0.25, 0.3) is 0 Å². The third kappa shape index (κ3) is 1.69. The highest BCUT2D eigenvalue weighted by atomic mass is 14.9. The Labute approximate surface area is 91.9 Å². The van der Waals surface area contributed by atoms with E-state index < -0.39 is 0 Å². The second-order valence-corrected chi connectivity index (χ2v) is 4.90. The maximum Gasteiger partial charge on any atom is 0.0136 e. The fourth-order valence-corrected chi connectivity index (χ4v) is 3.26. The van der Waals surface area contributed by atoms with Crippen molar-refractivity contribution in [3.8, 4) is 0 Å². The van der Waals surface area contributed by atoms with Gasteiger partial charge in [-0.05, 0) is 55.7 Å². The number of benzene rings is 1. The van der Waals surface area contributed by atoms with E-state index in [0.29, 0.717) is 0 Å². The predicted octanol–water partition coefficient (Wildman–Crippen LogP) is 2.86. The number of nitrogens with one attached hydrogen (secondary N) is 1. The molecular weight excluding hydrogens is 182 g/mol. The molecule has 0 aromatic heterocycles. The van der Waals surface area contributed by atoms with Crippen LogP contribution in [0.5, 0.6) is 0 Å². The highest BCUT2D eigenvalue weighted by Gasteiger charge is 2.29. The first-order valence-corrected chi connectivity index (χ1v) is 6.26. The number of hydrogen-bond acceptors (Lipinski definition) is 1. The van der Waals surface area contributed by atoms with Crippen LogP contribution in [-0.2, 0) is 6.42 Å². The maximum atomic E-state index is 3.67. The first-order valence-electron chi connectivity index (χ1n) is 6.26. The van der Waals surface area contributed by atoms with Gasteiger partial charge in [-0.1, -0.05) is 24.3 Å². The van der Waals surface area contributed by atoms with E-state index in [1.165, 1.54) is 38.6 Å². The lowest BCUT2D eigenvalue weighted by molar-refractivity contribution is 0.432. The van der Waals surface area contributed by atoms with E-state index in [4.69, 9.17) is 0 Å². The van der Waals surface area contributed by atoms with Crippen LogP contribution in [0.1, 0.15) is 42.7 Å². The zero-order valence-corrected chi connectivity index (χ0v) is 9.21. The first kappa shape index (κ1) is 9.41. The molecule has 0 bridgehead atoms. The summed E-state index contributed by atoms with van der Waals surface area (Å²) < 4.78 is 0. The summed E-state index contributed by atoms with van der Waals surface area (Å²) >= 11 is 0. The van der Waals surface area contributed by atoms with Crippen molar-refractivity contribution in [3.63, 3.8) is 0 Å². The van der Waals surface area contributed by atoms with Gasteiger partial charge in [0.05, 0.1) is 0 Å². The molecule has 3 rings (SSSR count). The number of hydrogen-bond donors (Lipinski definition) is 1. The largest absolute Gasteiger partial charge is 0.313 e. The molecule has 1 nitrogen and oxygen atoms in total. The zero-order valence-electron chi connectivity index (χ0n) is 9.21. The molecule has 15 heavy (non-hydrogen) atoms. The van der Waals surface area contributed by atoms with Crippen molar-refractivity contribution in [2.45, 2.75) is 44.1 Å². The second-order valence-electron chi connectivity index (χ2n) is 4.90. The van der Waals surface area contributed by atoms with Gasteiger partial charge in [0, 0.05) is 6.04 Å². The molecule has 1 heterocycles. The Morgan fingerprint density at radius 1 is 1.07 bits per heavy atom. The van der Waals surface area contributed by atoms with Crippen LogP contribution in [-0.4, -0.2) is 12.6 Å². The molecular formula is C14H19N. The third-order valence-corrected chi connectivity index (χ3v) is 4.00. The van der Waals surface area contributed by atoms with Gasteiger partial charge >= 0.3 is 0 Å². The van der Waals surface area contributed by atoms with Gasteiger partial charge in [0.15, 0.2) is 0 Å². The molecule has 1 fully saturated rings. The van der Waals surface area contributed by atoms with Crippen LogP contribution in [0, 0.1) is 0 Å². The Bertz CT molecular complexity index is 339. The molecule has 0 amide bonds. The van der Waals surface area contributed by atoms with Crippen molar-refractivity contribution >= 4 is 0 Å². The predicted molar refractivity (Wildman–Crippen MR) is 63.1 cm³/mol. The normalized spacial score (nSPS) is 30.1. The molecule has 1 N–H and O–H groups in total. The Morgan fingerprint density at radius 3 is 2.87 bits per heavy atom. The van der Waals surface area contributed by atoms with E-state index in [9.17, 15) is 0 Å². The lowest BCUT2D eigenvalue weighted by atomic mass is 9.78. The Morgan fingerprint density at radius 2 is 2.00 bits per heavy atom. The van der Waals surface area contributed by atoms with E-state index in [1.54, 1.807) is 11.1 Å². The summed E-state index contributed by atoms with van der Waals surface area (Å²) in [6.45, 7) is 1.23. The highest BCUT2D eigenvalue weighted by Crippen LogP contribution is 2.36. The lowest BCUT2D eigenvalue weighted by Crippen LogP contribution is -2.31. The SMILES string of the molecule is c1ccc2c(c1)CCC[C@H]2[C@H]1CCCN1. The molecule has 2 atom stereocenters. The van der Waals surface area contributed by atoms with E-state index in [1.807, 2.05) is 0 Å². The average Bonchev–Trinajstić information content (AvgIpc) is 2.82. The van der Waals surface area contributed by atoms with Gasteiger partial charge < -0.3 is 5.32 Å². The van der Waals surface area contributed by atoms with Gasteiger partial charge in [0.2, 0.25) is 0 Å². The van der Waals surface area contributed by atoms with Crippen molar-refractivity contribution in [3.05, 3.63) is 35.4 Å². The molecule has 2 aliphatic rings. The van der Waals surface area contributed by atoms with Crippen LogP contribution < -0.4 is 5.32 Å². The van der Waals surface area contributed by atoms with Gasteiger partial charge in [0.1, 0.15) is 0 Å².